The molecule has 1 atom stereocenters. The van der Waals surface area contributed by atoms with Gasteiger partial charge in [-0.3, -0.25) is 9.78 Å². The summed E-state index contributed by atoms with van der Waals surface area (Å²) in [5.41, 5.74) is 3.56. The van der Waals surface area contributed by atoms with Gasteiger partial charge in [-0.05, 0) is 50.1 Å². The first-order chi connectivity index (χ1) is 16.2. The maximum atomic E-state index is 13.2. The molecule has 0 bridgehead atoms. The lowest BCUT2D eigenvalue weighted by Gasteiger charge is -2.22. The van der Waals surface area contributed by atoms with E-state index < -0.39 is 18.2 Å². The van der Waals surface area contributed by atoms with Crippen LogP contribution in [0.4, 0.5) is 13.2 Å². The summed E-state index contributed by atoms with van der Waals surface area (Å²) in [6.45, 7) is 1.32. The Labute approximate surface area is 193 Å². The Morgan fingerprint density at radius 1 is 1.24 bits per heavy atom. The highest BCUT2D eigenvalue weighted by Crippen LogP contribution is 2.39. The first kappa shape index (κ1) is 21.9. The molecule has 5 rings (SSSR count). The van der Waals surface area contributed by atoms with E-state index in [0.29, 0.717) is 11.6 Å². The van der Waals surface area contributed by atoms with Gasteiger partial charge in [-0.25, -0.2) is 4.68 Å². The number of nitrogens with zero attached hydrogens (tertiary/aromatic N) is 5. The van der Waals surface area contributed by atoms with Gasteiger partial charge in [0.15, 0.2) is 6.10 Å². The summed E-state index contributed by atoms with van der Waals surface area (Å²) >= 11 is 0. The third-order valence-corrected chi connectivity index (χ3v) is 5.99. The Balaban J connectivity index is 1.36. The fourth-order valence-corrected chi connectivity index (χ4v) is 3.91. The zero-order valence-electron chi connectivity index (χ0n) is 18.2. The van der Waals surface area contributed by atoms with Crippen molar-refractivity contribution in [3.8, 4) is 17.5 Å². The fraction of sp³-hybridized carbons (Fsp3) is 0.333. The minimum atomic E-state index is -4.59. The number of ether oxygens (including phenoxy) is 1. The van der Waals surface area contributed by atoms with Crippen molar-refractivity contribution in [1.82, 2.24) is 19.7 Å². The molecule has 1 amide bonds. The van der Waals surface area contributed by atoms with E-state index in [4.69, 9.17) is 4.74 Å². The Morgan fingerprint density at radius 2 is 2.03 bits per heavy atom. The van der Waals surface area contributed by atoms with Gasteiger partial charge in [-0.2, -0.15) is 23.5 Å². The van der Waals surface area contributed by atoms with Crippen molar-refractivity contribution in [2.45, 2.75) is 51.1 Å². The van der Waals surface area contributed by atoms with Gasteiger partial charge in [-0.1, -0.05) is 0 Å². The van der Waals surface area contributed by atoms with Crippen molar-refractivity contribution in [3.05, 3.63) is 70.8 Å². The van der Waals surface area contributed by atoms with Crippen LogP contribution in [0.15, 0.2) is 42.7 Å². The molecule has 0 N–H and O–H groups in total. The van der Waals surface area contributed by atoms with Gasteiger partial charge < -0.3 is 9.64 Å². The van der Waals surface area contributed by atoms with Crippen LogP contribution in [0.3, 0.4) is 0 Å². The van der Waals surface area contributed by atoms with Crippen molar-refractivity contribution in [3.63, 3.8) is 0 Å². The van der Waals surface area contributed by atoms with E-state index in [1.807, 2.05) is 24.4 Å². The summed E-state index contributed by atoms with van der Waals surface area (Å²) in [6, 6.07) is 9.60. The van der Waals surface area contributed by atoms with E-state index in [9.17, 15) is 23.2 Å². The highest BCUT2D eigenvalue weighted by atomic mass is 19.4. The average molecular weight is 467 g/mol. The summed E-state index contributed by atoms with van der Waals surface area (Å²) < 4.78 is 45.9. The van der Waals surface area contributed by atoms with Crippen molar-refractivity contribution in [1.29, 1.82) is 5.26 Å². The van der Waals surface area contributed by atoms with Crippen molar-refractivity contribution in [2.75, 3.05) is 0 Å². The van der Waals surface area contributed by atoms with Gasteiger partial charge in [0.1, 0.15) is 5.75 Å². The van der Waals surface area contributed by atoms with Crippen LogP contribution in [0.25, 0.3) is 5.69 Å². The zero-order valence-corrected chi connectivity index (χ0v) is 18.2. The highest BCUT2D eigenvalue weighted by Gasteiger charge is 2.39. The van der Waals surface area contributed by atoms with Crippen LogP contribution < -0.4 is 4.74 Å². The molecule has 1 aliphatic carbocycles. The van der Waals surface area contributed by atoms with Crippen LogP contribution in [0.1, 0.15) is 58.6 Å². The molecule has 174 valence electrons. The molecule has 1 aliphatic heterocycles. The normalized spacial score (nSPS) is 16.1. The Hall–Kier alpha value is -3.87. The lowest BCUT2D eigenvalue weighted by atomic mass is 10.1. The van der Waals surface area contributed by atoms with Gasteiger partial charge in [0.25, 0.3) is 5.91 Å². The maximum Gasteiger partial charge on any atom is 0.425 e. The Bertz CT molecular complexity index is 1280. The van der Waals surface area contributed by atoms with Crippen LogP contribution in [-0.4, -0.2) is 37.9 Å². The van der Waals surface area contributed by atoms with Gasteiger partial charge in [0, 0.05) is 36.1 Å². The Morgan fingerprint density at radius 3 is 2.71 bits per heavy atom. The minimum Gasteiger partial charge on any atom is -0.480 e. The number of alkyl halides is 3. The molecule has 1 aromatic carbocycles. The topological polar surface area (TPSA) is 84.0 Å². The van der Waals surface area contributed by atoms with Crippen LogP contribution in [-0.2, 0) is 13.1 Å². The van der Waals surface area contributed by atoms with Crippen molar-refractivity contribution in [2.24, 2.45) is 0 Å². The SMILES string of the molecule is CC(Oc1ccc(C#N)cc1C(=O)N1Cc2cn(-c3ccnc(C4CC4)c3)nc2C1)C(F)(F)F. The number of carbonyl (C=O) groups excluding carboxylic acids is 1. The molecule has 0 saturated heterocycles. The largest absolute Gasteiger partial charge is 0.480 e. The molecule has 2 aromatic heterocycles. The van der Waals surface area contributed by atoms with Gasteiger partial charge in [-0.15, -0.1) is 0 Å². The molecule has 1 fully saturated rings. The molecule has 7 nitrogen and oxygen atoms in total. The smallest absolute Gasteiger partial charge is 0.425 e. The lowest BCUT2D eigenvalue weighted by molar-refractivity contribution is -0.189. The van der Waals surface area contributed by atoms with E-state index in [-0.39, 0.29) is 30.0 Å². The summed E-state index contributed by atoms with van der Waals surface area (Å²) in [5, 5.41) is 13.8. The number of nitriles is 1. The molecule has 3 heterocycles. The molecule has 0 radical (unpaired) electrons. The molecule has 3 aromatic rings. The van der Waals surface area contributed by atoms with Crippen molar-refractivity contribution >= 4 is 5.91 Å². The predicted octanol–water partition coefficient (Wildman–Crippen LogP) is 4.50. The lowest BCUT2D eigenvalue weighted by Crippen LogP contribution is -2.32. The van der Waals surface area contributed by atoms with Gasteiger partial charge in [0.05, 0.1) is 35.1 Å². The number of carbonyl (C=O) groups is 1. The Kier molecular flexibility index (Phi) is 5.27. The molecule has 1 saturated carbocycles. The van der Waals surface area contributed by atoms with E-state index >= 15 is 0 Å². The first-order valence-electron chi connectivity index (χ1n) is 10.8. The van der Waals surface area contributed by atoms with Crippen molar-refractivity contribution < 1.29 is 22.7 Å². The third kappa shape index (κ3) is 4.21. The summed E-state index contributed by atoms with van der Waals surface area (Å²) in [6.07, 6.45) is -0.797. The van der Waals surface area contributed by atoms with Crippen LogP contribution in [0.2, 0.25) is 0 Å². The molecule has 2 aliphatic rings. The monoisotopic (exact) mass is 467 g/mol. The summed E-state index contributed by atoms with van der Waals surface area (Å²) in [7, 11) is 0. The second-order valence-corrected chi connectivity index (χ2v) is 8.54. The number of hydrogen-bond acceptors (Lipinski definition) is 5. The van der Waals surface area contributed by atoms with Crippen LogP contribution in [0.5, 0.6) is 5.75 Å². The second kappa shape index (κ2) is 8.17. The van der Waals surface area contributed by atoms with Crippen LogP contribution >= 0.6 is 0 Å². The van der Waals surface area contributed by atoms with Gasteiger partial charge in [0.2, 0.25) is 0 Å². The summed E-state index contributed by atoms with van der Waals surface area (Å²) in [5.74, 6) is -0.227. The maximum absolute atomic E-state index is 13.2. The molecule has 1 unspecified atom stereocenters. The fourth-order valence-electron chi connectivity index (χ4n) is 3.91. The third-order valence-electron chi connectivity index (χ3n) is 5.99. The van der Waals surface area contributed by atoms with E-state index in [0.717, 1.165) is 36.7 Å². The van der Waals surface area contributed by atoms with Crippen LogP contribution in [0, 0.1) is 11.3 Å². The number of fused-ring (bicyclic) bond motifs is 1. The van der Waals surface area contributed by atoms with Gasteiger partial charge >= 0.3 is 6.18 Å². The average Bonchev–Trinajstić information content (AvgIpc) is 3.48. The number of halogens is 3. The number of pyridine rings is 1. The first-order valence-corrected chi connectivity index (χ1v) is 10.8. The molecular weight excluding hydrogens is 447 g/mol. The van der Waals surface area contributed by atoms with E-state index in [2.05, 4.69) is 10.1 Å². The zero-order chi connectivity index (χ0) is 24.0. The molecular formula is C24H20F3N5O2. The summed E-state index contributed by atoms with van der Waals surface area (Å²) in [4.78, 5) is 19.1. The molecule has 0 spiro atoms. The number of benzene rings is 1. The standard InChI is InChI=1S/C24H20F3N5O2/c1-14(24(25,26)27)34-22-5-2-15(10-28)8-19(22)23(33)31-11-17-12-32(30-21(17)13-31)18-6-7-29-20(9-18)16-3-4-16/h2,5-9,12,14,16H,3-4,11,13H2,1H3. The number of hydrogen-bond donors (Lipinski definition) is 0. The minimum absolute atomic E-state index is 0.0867. The molecule has 34 heavy (non-hydrogen) atoms. The predicted molar refractivity (Wildman–Crippen MR) is 114 cm³/mol. The quantitative estimate of drug-likeness (QED) is 0.552. The van der Waals surface area contributed by atoms with E-state index in [1.165, 1.54) is 23.1 Å². The highest BCUT2D eigenvalue weighted by molar-refractivity contribution is 5.97. The number of rotatable bonds is 5. The molecule has 10 heteroatoms. The number of amides is 1. The number of aromatic nitrogens is 3. The second-order valence-electron chi connectivity index (χ2n) is 8.54. The van der Waals surface area contributed by atoms with E-state index in [1.54, 1.807) is 10.9 Å².